The summed E-state index contributed by atoms with van der Waals surface area (Å²) in [5.41, 5.74) is 3.40. The lowest BCUT2D eigenvalue weighted by Gasteiger charge is -2.20. The molecule has 4 heteroatoms. The number of nitrogens with zero attached hydrogens (tertiary/aromatic N) is 1. The molecule has 0 radical (unpaired) electrons. The highest BCUT2D eigenvalue weighted by Gasteiger charge is 2.17. The second-order valence-electron chi connectivity index (χ2n) is 5.15. The lowest BCUT2D eigenvalue weighted by molar-refractivity contribution is 0.415. The van der Waals surface area contributed by atoms with Gasteiger partial charge in [-0.3, -0.25) is 0 Å². The van der Waals surface area contributed by atoms with E-state index < -0.39 is 0 Å². The van der Waals surface area contributed by atoms with Crippen molar-refractivity contribution in [2.24, 2.45) is 0 Å². The Morgan fingerprint density at radius 2 is 2.00 bits per heavy atom. The number of ether oxygens (including phenoxy) is 1. The van der Waals surface area contributed by atoms with Crippen LogP contribution in [-0.2, 0) is 5.41 Å². The molecule has 96 valence electrons. The predicted octanol–water partition coefficient (Wildman–Crippen LogP) is 4.88. The first-order valence-electron chi connectivity index (χ1n) is 5.72. The molecule has 0 aliphatic rings. The lowest BCUT2D eigenvalue weighted by atomic mass is 9.86. The van der Waals surface area contributed by atoms with Crippen molar-refractivity contribution in [3.63, 3.8) is 0 Å². The molecule has 18 heavy (non-hydrogen) atoms. The highest BCUT2D eigenvalue weighted by atomic mass is 79.9. The Bertz CT molecular complexity index is 557. The van der Waals surface area contributed by atoms with E-state index in [9.17, 15) is 0 Å². The van der Waals surface area contributed by atoms with Crippen LogP contribution in [0.2, 0.25) is 0 Å². The van der Waals surface area contributed by atoms with E-state index in [-0.39, 0.29) is 5.41 Å². The van der Waals surface area contributed by atoms with E-state index in [0.717, 1.165) is 20.9 Å². The Morgan fingerprint density at radius 3 is 2.50 bits per heavy atom. The molecule has 0 aliphatic carbocycles. The molecule has 0 aliphatic heterocycles. The third-order valence-corrected chi connectivity index (χ3v) is 4.18. The fourth-order valence-electron chi connectivity index (χ4n) is 1.75. The van der Waals surface area contributed by atoms with Gasteiger partial charge in [0, 0.05) is 10.9 Å². The maximum atomic E-state index is 5.43. The van der Waals surface area contributed by atoms with Gasteiger partial charge in [0.05, 0.1) is 12.8 Å². The Morgan fingerprint density at radius 1 is 1.28 bits per heavy atom. The Balaban J connectivity index is 2.56. The van der Waals surface area contributed by atoms with E-state index in [1.54, 1.807) is 18.4 Å². The lowest BCUT2D eigenvalue weighted by Crippen LogP contribution is -2.11. The van der Waals surface area contributed by atoms with Crippen LogP contribution in [-0.4, -0.2) is 12.1 Å². The monoisotopic (exact) mass is 325 g/mol. The highest BCUT2D eigenvalue weighted by Crippen LogP contribution is 2.35. The van der Waals surface area contributed by atoms with Gasteiger partial charge in [-0.1, -0.05) is 26.8 Å². The summed E-state index contributed by atoms with van der Waals surface area (Å²) in [4.78, 5) is 4.47. The van der Waals surface area contributed by atoms with Gasteiger partial charge < -0.3 is 4.74 Å². The second-order valence-corrected chi connectivity index (χ2v) is 7.28. The summed E-state index contributed by atoms with van der Waals surface area (Å²) in [5, 5.41) is 2.04. The van der Waals surface area contributed by atoms with Gasteiger partial charge in [-0.15, -0.1) is 11.3 Å². The summed E-state index contributed by atoms with van der Waals surface area (Å²) < 4.78 is 6.32. The molecule has 0 amide bonds. The molecule has 0 fully saturated rings. The first-order chi connectivity index (χ1) is 8.41. The molecule has 2 nitrogen and oxygen atoms in total. The molecule has 0 bridgehead atoms. The van der Waals surface area contributed by atoms with Crippen molar-refractivity contribution in [1.82, 2.24) is 4.98 Å². The molecule has 2 rings (SSSR count). The van der Waals surface area contributed by atoms with Gasteiger partial charge >= 0.3 is 0 Å². The predicted molar refractivity (Wildman–Crippen MR) is 80.5 cm³/mol. The van der Waals surface area contributed by atoms with E-state index in [4.69, 9.17) is 4.74 Å². The summed E-state index contributed by atoms with van der Waals surface area (Å²) in [6.07, 6.45) is 0. The summed E-state index contributed by atoms with van der Waals surface area (Å²) >= 11 is 4.98. The van der Waals surface area contributed by atoms with Gasteiger partial charge in [-0.2, -0.15) is 0 Å². The van der Waals surface area contributed by atoms with Crippen molar-refractivity contribution in [3.8, 4) is 17.0 Å². The Labute approximate surface area is 120 Å². The van der Waals surface area contributed by atoms with Crippen LogP contribution in [0.4, 0.5) is 0 Å². The van der Waals surface area contributed by atoms with E-state index in [2.05, 4.69) is 53.8 Å². The molecule has 0 unspecified atom stereocenters. The van der Waals surface area contributed by atoms with Gasteiger partial charge in [0.1, 0.15) is 5.75 Å². The number of hydrogen-bond acceptors (Lipinski definition) is 3. The van der Waals surface area contributed by atoms with Crippen LogP contribution in [0.15, 0.2) is 27.5 Å². The maximum absolute atomic E-state index is 5.43. The minimum atomic E-state index is 0.119. The van der Waals surface area contributed by atoms with Crippen molar-refractivity contribution in [2.45, 2.75) is 26.2 Å². The number of hydrogen-bond donors (Lipinski definition) is 0. The topological polar surface area (TPSA) is 22.1 Å². The number of halogens is 1. The standard InChI is InChI=1S/C14H16BrNOS/c1-14(2,3)9-5-6-12(17-4)10(7-9)11-8-18-13(15)16-11/h5-8H,1-4H3. The molecule has 0 atom stereocenters. The largest absolute Gasteiger partial charge is 0.496 e. The first-order valence-corrected chi connectivity index (χ1v) is 7.39. The molecule has 0 saturated heterocycles. The van der Waals surface area contributed by atoms with E-state index >= 15 is 0 Å². The summed E-state index contributed by atoms with van der Waals surface area (Å²) in [6.45, 7) is 6.61. The second kappa shape index (κ2) is 5.02. The number of rotatable bonds is 2. The molecule has 0 saturated carbocycles. The average Bonchev–Trinajstić information content (AvgIpc) is 2.73. The van der Waals surface area contributed by atoms with E-state index in [1.165, 1.54) is 5.56 Å². The van der Waals surface area contributed by atoms with Gasteiger partial charge in [-0.05, 0) is 39.0 Å². The third kappa shape index (κ3) is 2.75. The van der Waals surface area contributed by atoms with Crippen molar-refractivity contribution in [3.05, 3.63) is 33.1 Å². The molecular weight excluding hydrogens is 310 g/mol. The summed E-state index contributed by atoms with van der Waals surface area (Å²) in [5.74, 6) is 0.862. The van der Waals surface area contributed by atoms with Crippen LogP contribution in [0.5, 0.6) is 5.75 Å². The fourth-order valence-corrected chi connectivity index (χ4v) is 2.76. The average molecular weight is 326 g/mol. The smallest absolute Gasteiger partial charge is 0.159 e. The number of aromatic nitrogens is 1. The maximum Gasteiger partial charge on any atom is 0.159 e. The molecule has 1 heterocycles. The number of thiazole rings is 1. The van der Waals surface area contributed by atoms with Crippen LogP contribution in [0.1, 0.15) is 26.3 Å². The zero-order valence-corrected chi connectivity index (χ0v) is 13.4. The Hall–Kier alpha value is -0.870. The van der Waals surface area contributed by atoms with Crippen molar-refractivity contribution in [1.29, 1.82) is 0 Å². The molecule has 1 aromatic carbocycles. The summed E-state index contributed by atoms with van der Waals surface area (Å²) in [7, 11) is 1.69. The SMILES string of the molecule is COc1ccc(C(C)(C)C)cc1-c1csc(Br)n1. The van der Waals surface area contributed by atoms with Crippen molar-refractivity contribution in [2.75, 3.05) is 7.11 Å². The Kier molecular flexibility index (Phi) is 3.78. The summed E-state index contributed by atoms with van der Waals surface area (Å²) in [6, 6.07) is 6.30. The molecule has 0 N–H and O–H groups in total. The molecule has 0 spiro atoms. The number of methoxy groups -OCH3 is 1. The van der Waals surface area contributed by atoms with Crippen LogP contribution in [0, 0.1) is 0 Å². The third-order valence-electron chi connectivity index (χ3n) is 2.82. The van der Waals surface area contributed by atoms with E-state index in [0.29, 0.717) is 0 Å². The van der Waals surface area contributed by atoms with Gasteiger partial charge in [0.25, 0.3) is 0 Å². The molecular formula is C14H16BrNOS. The van der Waals surface area contributed by atoms with Crippen LogP contribution >= 0.6 is 27.3 Å². The fraction of sp³-hybridized carbons (Fsp3) is 0.357. The quantitative estimate of drug-likeness (QED) is 0.785. The zero-order chi connectivity index (χ0) is 13.3. The van der Waals surface area contributed by atoms with E-state index in [1.807, 2.05) is 11.4 Å². The minimum Gasteiger partial charge on any atom is -0.496 e. The van der Waals surface area contributed by atoms with Crippen LogP contribution in [0.3, 0.4) is 0 Å². The van der Waals surface area contributed by atoms with Crippen LogP contribution in [0.25, 0.3) is 11.3 Å². The van der Waals surface area contributed by atoms with Gasteiger partial charge in [-0.25, -0.2) is 4.98 Å². The highest BCUT2D eigenvalue weighted by molar-refractivity contribution is 9.11. The van der Waals surface area contributed by atoms with Crippen LogP contribution < -0.4 is 4.74 Å². The molecule has 1 aromatic heterocycles. The number of benzene rings is 1. The normalized spacial score (nSPS) is 11.6. The van der Waals surface area contributed by atoms with Crippen molar-refractivity contribution >= 4 is 27.3 Å². The zero-order valence-electron chi connectivity index (χ0n) is 11.0. The molecule has 2 aromatic rings. The minimum absolute atomic E-state index is 0.119. The first kappa shape index (κ1) is 13.6. The van der Waals surface area contributed by atoms with Crippen molar-refractivity contribution < 1.29 is 4.74 Å². The van der Waals surface area contributed by atoms with Gasteiger partial charge in [0.15, 0.2) is 3.92 Å². The van der Waals surface area contributed by atoms with Gasteiger partial charge in [0.2, 0.25) is 0 Å².